The van der Waals surface area contributed by atoms with Crippen molar-refractivity contribution in [3.05, 3.63) is 62.9 Å². The van der Waals surface area contributed by atoms with Gasteiger partial charge in [0.2, 0.25) is 0 Å². The first-order valence-electron chi connectivity index (χ1n) is 7.60. The van der Waals surface area contributed by atoms with Gasteiger partial charge in [-0.3, -0.25) is 4.79 Å². The van der Waals surface area contributed by atoms with E-state index in [2.05, 4.69) is 24.4 Å². The molecule has 0 fully saturated rings. The molecule has 0 aliphatic carbocycles. The molecular weight excluding hydrogens is 304 g/mol. The molecule has 0 unspecified atom stereocenters. The monoisotopic (exact) mass is 324 g/mol. The zero-order valence-corrected chi connectivity index (χ0v) is 14.4. The summed E-state index contributed by atoms with van der Waals surface area (Å²) in [5.41, 5.74) is 3.49. The summed E-state index contributed by atoms with van der Waals surface area (Å²) in [6.07, 6.45) is 2.64. The number of amides is 1. The predicted octanol–water partition coefficient (Wildman–Crippen LogP) is 4.40. The van der Waals surface area contributed by atoms with Crippen molar-refractivity contribution in [2.45, 2.75) is 33.2 Å². The lowest BCUT2D eigenvalue weighted by molar-refractivity contribution is -0.117. The fourth-order valence-corrected chi connectivity index (χ4v) is 3.07. The molecule has 0 saturated carbocycles. The highest BCUT2D eigenvalue weighted by atomic mass is 32.1. The van der Waals surface area contributed by atoms with Crippen molar-refractivity contribution in [3.63, 3.8) is 0 Å². The second kappa shape index (κ2) is 7.75. The van der Waals surface area contributed by atoms with Gasteiger partial charge in [-0.15, -0.1) is 11.3 Å². The van der Waals surface area contributed by atoms with Gasteiger partial charge in [-0.2, -0.15) is 5.26 Å². The van der Waals surface area contributed by atoms with E-state index in [1.165, 1.54) is 16.9 Å². The topological polar surface area (TPSA) is 52.9 Å². The van der Waals surface area contributed by atoms with Crippen LogP contribution in [-0.4, -0.2) is 5.91 Å². The standard InChI is InChI=1S/C19H20N2OS/c1-4-15-5-7-16(8-6-15)14(3)21-19(22)17(12-20)11-18-13(2)9-10-23-18/h5-11,14H,4H2,1-3H3,(H,21,22)/b17-11+/t14-/m0/s1. The maximum Gasteiger partial charge on any atom is 0.262 e. The second-order valence-corrected chi connectivity index (χ2v) is 6.38. The number of benzene rings is 1. The molecule has 1 N–H and O–H groups in total. The van der Waals surface area contributed by atoms with Crippen LogP contribution in [0.15, 0.2) is 41.3 Å². The van der Waals surface area contributed by atoms with Crippen LogP contribution >= 0.6 is 11.3 Å². The number of hydrogen-bond acceptors (Lipinski definition) is 3. The van der Waals surface area contributed by atoms with Gasteiger partial charge in [0.25, 0.3) is 5.91 Å². The molecule has 1 heterocycles. The molecule has 2 rings (SSSR count). The summed E-state index contributed by atoms with van der Waals surface area (Å²) in [6, 6.07) is 12.0. The lowest BCUT2D eigenvalue weighted by atomic mass is 10.0. The molecule has 0 bridgehead atoms. The fourth-order valence-electron chi connectivity index (χ4n) is 2.21. The van der Waals surface area contributed by atoms with E-state index >= 15 is 0 Å². The Kier molecular flexibility index (Phi) is 5.72. The van der Waals surface area contributed by atoms with Crippen LogP contribution in [0.5, 0.6) is 0 Å². The molecule has 2 aromatic rings. The van der Waals surface area contributed by atoms with Crippen molar-refractivity contribution in [2.24, 2.45) is 0 Å². The van der Waals surface area contributed by atoms with Crippen molar-refractivity contribution in [1.82, 2.24) is 5.32 Å². The predicted molar refractivity (Wildman–Crippen MR) is 95.0 cm³/mol. The molecule has 1 amide bonds. The number of carbonyl (C=O) groups excluding carboxylic acids is 1. The SMILES string of the molecule is CCc1ccc([C@H](C)NC(=O)/C(C#N)=C/c2sccc2C)cc1. The second-order valence-electron chi connectivity index (χ2n) is 5.43. The average molecular weight is 324 g/mol. The molecule has 3 nitrogen and oxygen atoms in total. The lowest BCUT2D eigenvalue weighted by Gasteiger charge is -2.14. The smallest absolute Gasteiger partial charge is 0.262 e. The summed E-state index contributed by atoms with van der Waals surface area (Å²) in [5, 5.41) is 14.1. The van der Waals surface area contributed by atoms with Crippen LogP contribution in [0.4, 0.5) is 0 Å². The van der Waals surface area contributed by atoms with Crippen LogP contribution in [0, 0.1) is 18.3 Å². The highest BCUT2D eigenvalue weighted by Crippen LogP contribution is 2.20. The third-order valence-corrected chi connectivity index (χ3v) is 4.74. The van der Waals surface area contributed by atoms with E-state index in [1.54, 1.807) is 6.08 Å². The Bertz CT molecular complexity index is 750. The molecule has 4 heteroatoms. The van der Waals surface area contributed by atoms with Crippen LogP contribution in [0.3, 0.4) is 0 Å². The first kappa shape index (κ1) is 17.0. The maximum absolute atomic E-state index is 12.3. The molecule has 1 atom stereocenters. The average Bonchev–Trinajstić information content (AvgIpc) is 2.97. The van der Waals surface area contributed by atoms with E-state index in [4.69, 9.17) is 0 Å². The Morgan fingerprint density at radius 3 is 2.57 bits per heavy atom. The molecule has 118 valence electrons. The van der Waals surface area contributed by atoms with E-state index in [9.17, 15) is 10.1 Å². The zero-order chi connectivity index (χ0) is 16.8. The van der Waals surface area contributed by atoms with Crippen molar-refractivity contribution in [2.75, 3.05) is 0 Å². The number of nitrogens with zero attached hydrogens (tertiary/aromatic N) is 1. The summed E-state index contributed by atoms with van der Waals surface area (Å²) in [4.78, 5) is 13.3. The highest BCUT2D eigenvalue weighted by molar-refractivity contribution is 7.11. The molecule has 0 saturated heterocycles. The third kappa shape index (κ3) is 4.30. The molecule has 1 aromatic heterocycles. The van der Waals surface area contributed by atoms with E-state index in [1.807, 2.05) is 43.5 Å². The van der Waals surface area contributed by atoms with Crippen molar-refractivity contribution in [3.8, 4) is 6.07 Å². The Hall–Kier alpha value is -2.38. The molecular formula is C19H20N2OS. The first-order valence-corrected chi connectivity index (χ1v) is 8.48. The van der Waals surface area contributed by atoms with Gasteiger partial charge < -0.3 is 5.32 Å². The van der Waals surface area contributed by atoms with Gasteiger partial charge >= 0.3 is 0 Å². The number of thiophene rings is 1. The largest absolute Gasteiger partial charge is 0.345 e. The Labute approximate surface area is 141 Å². The van der Waals surface area contributed by atoms with Crippen LogP contribution < -0.4 is 5.32 Å². The minimum Gasteiger partial charge on any atom is -0.345 e. The Balaban J connectivity index is 2.11. The molecule has 0 radical (unpaired) electrons. The van der Waals surface area contributed by atoms with Gasteiger partial charge in [-0.05, 0) is 54.5 Å². The maximum atomic E-state index is 12.3. The Morgan fingerprint density at radius 1 is 1.35 bits per heavy atom. The summed E-state index contributed by atoms with van der Waals surface area (Å²) >= 11 is 1.52. The van der Waals surface area contributed by atoms with Gasteiger partial charge in [0.15, 0.2) is 0 Å². The summed E-state index contributed by atoms with van der Waals surface area (Å²) in [5.74, 6) is -0.340. The molecule has 0 aliphatic rings. The van der Waals surface area contributed by atoms with Gasteiger partial charge in [-0.1, -0.05) is 31.2 Å². The zero-order valence-electron chi connectivity index (χ0n) is 13.6. The van der Waals surface area contributed by atoms with Crippen LogP contribution in [0.1, 0.15) is 41.5 Å². The van der Waals surface area contributed by atoms with Gasteiger partial charge in [0, 0.05) is 4.88 Å². The summed E-state index contributed by atoms with van der Waals surface area (Å²) in [6.45, 7) is 5.99. The molecule has 0 spiro atoms. The van der Waals surface area contributed by atoms with Crippen molar-refractivity contribution >= 4 is 23.3 Å². The van der Waals surface area contributed by atoms with E-state index < -0.39 is 0 Å². The lowest BCUT2D eigenvalue weighted by Crippen LogP contribution is -2.27. The molecule has 0 aliphatic heterocycles. The van der Waals surface area contributed by atoms with Crippen molar-refractivity contribution < 1.29 is 4.79 Å². The molecule has 1 aromatic carbocycles. The number of rotatable bonds is 5. The van der Waals surface area contributed by atoms with E-state index in [0.717, 1.165) is 22.4 Å². The number of hydrogen-bond donors (Lipinski definition) is 1. The Morgan fingerprint density at radius 2 is 2.04 bits per heavy atom. The number of nitriles is 1. The minimum absolute atomic E-state index is 0.132. The minimum atomic E-state index is -0.340. The van der Waals surface area contributed by atoms with Gasteiger partial charge in [-0.25, -0.2) is 0 Å². The highest BCUT2D eigenvalue weighted by Gasteiger charge is 2.14. The van der Waals surface area contributed by atoms with Crippen LogP contribution in [0.2, 0.25) is 0 Å². The van der Waals surface area contributed by atoms with E-state index in [-0.39, 0.29) is 17.5 Å². The quantitative estimate of drug-likeness (QED) is 0.654. The van der Waals surface area contributed by atoms with E-state index in [0.29, 0.717) is 0 Å². The van der Waals surface area contributed by atoms with Gasteiger partial charge in [0.1, 0.15) is 11.6 Å². The summed E-state index contributed by atoms with van der Waals surface area (Å²) in [7, 11) is 0. The van der Waals surface area contributed by atoms with Gasteiger partial charge in [0.05, 0.1) is 6.04 Å². The number of nitrogens with one attached hydrogen (secondary N) is 1. The van der Waals surface area contributed by atoms with Crippen LogP contribution in [0.25, 0.3) is 6.08 Å². The normalized spacial score (nSPS) is 12.5. The first-order chi connectivity index (χ1) is 11.0. The fraction of sp³-hybridized carbons (Fsp3) is 0.263. The molecule has 23 heavy (non-hydrogen) atoms. The van der Waals surface area contributed by atoms with Crippen molar-refractivity contribution in [1.29, 1.82) is 5.26 Å². The third-order valence-electron chi connectivity index (χ3n) is 3.78. The number of carbonyl (C=O) groups is 1. The summed E-state index contributed by atoms with van der Waals surface area (Å²) < 4.78 is 0. The van der Waals surface area contributed by atoms with Crippen LogP contribution in [-0.2, 0) is 11.2 Å². The number of aryl methyl sites for hydroxylation is 2.